The molecule has 90 valence electrons. The molecule has 1 aliphatic rings. The summed E-state index contributed by atoms with van der Waals surface area (Å²) in [5.41, 5.74) is 0.626. The van der Waals surface area contributed by atoms with Gasteiger partial charge in [-0.3, -0.25) is 0 Å². The monoisotopic (exact) mass is 233 g/mol. The van der Waals surface area contributed by atoms with Gasteiger partial charge in [0, 0.05) is 0 Å². The van der Waals surface area contributed by atoms with E-state index in [4.69, 9.17) is 9.47 Å². The minimum Gasteiger partial charge on any atom is -0.493 e. The highest BCUT2D eigenvalue weighted by Gasteiger charge is 2.45. The lowest BCUT2D eigenvalue weighted by molar-refractivity contribution is 0.310. The molecule has 0 saturated heterocycles. The first-order chi connectivity index (χ1) is 8.25. The minimum absolute atomic E-state index is 0.361. The molecule has 0 N–H and O–H groups in total. The average Bonchev–Trinajstić information content (AvgIpc) is 3.11. The van der Waals surface area contributed by atoms with Gasteiger partial charge in [0.25, 0.3) is 0 Å². The number of rotatable bonds is 5. The van der Waals surface area contributed by atoms with Crippen LogP contribution in [-0.4, -0.2) is 19.8 Å². The second kappa shape index (κ2) is 4.60. The van der Waals surface area contributed by atoms with Crippen molar-refractivity contribution in [1.82, 2.24) is 0 Å². The van der Waals surface area contributed by atoms with Gasteiger partial charge in [-0.15, -0.1) is 0 Å². The van der Waals surface area contributed by atoms with E-state index in [0.29, 0.717) is 18.1 Å². The lowest BCUT2D eigenvalue weighted by Crippen LogP contribution is -2.03. The molecule has 1 fully saturated rings. The summed E-state index contributed by atoms with van der Waals surface area (Å²) in [6.45, 7) is 2.51. The Labute approximate surface area is 100 Å². The van der Waals surface area contributed by atoms with Crippen molar-refractivity contribution in [3.63, 3.8) is 0 Å². The maximum absolute atomic E-state index is 10.4. The molecule has 0 bridgehead atoms. The van der Waals surface area contributed by atoms with Crippen LogP contribution < -0.4 is 9.47 Å². The van der Waals surface area contributed by atoms with Crippen LogP contribution in [0.25, 0.3) is 0 Å². The van der Waals surface area contributed by atoms with Gasteiger partial charge in [0.15, 0.2) is 11.5 Å². The standard InChI is InChI=1S/C13H15NO3/c1-3-17-11-5-4-10(8-12(11)16-2)13(6-7-13)14-9-15/h4-5,8H,3,6-7H2,1-2H3. The van der Waals surface area contributed by atoms with Gasteiger partial charge in [-0.1, -0.05) is 6.07 Å². The molecule has 1 saturated carbocycles. The van der Waals surface area contributed by atoms with E-state index in [1.54, 1.807) is 13.2 Å². The summed E-state index contributed by atoms with van der Waals surface area (Å²) in [5.74, 6) is 1.39. The van der Waals surface area contributed by atoms with Crippen molar-refractivity contribution in [2.45, 2.75) is 25.3 Å². The summed E-state index contributed by atoms with van der Waals surface area (Å²) in [7, 11) is 1.60. The summed E-state index contributed by atoms with van der Waals surface area (Å²) in [4.78, 5) is 14.3. The molecule has 4 nitrogen and oxygen atoms in total. The molecule has 1 aromatic rings. The Morgan fingerprint density at radius 1 is 1.41 bits per heavy atom. The van der Waals surface area contributed by atoms with Gasteiger partial charge in [-0.05, 0) is 37.5 Å². The zero-order valence-corrected chi connectivity index (χ0v) is 10.0. The Kier molecular flexibility index (Phi) is 3.16. The highest BCUT2D eigenvalue weighted by Crippen LogP contribution is 2.50. The summed E-state index contributed by atoms with van der Waals surface area (Å²) >= 11 is 0. The number of isocyanates is 1. The van der Waals surface area contributed by atoms with Crippen molar-refractivity contribution in [2.24, 2.45) is 4.99 Å². The number of ether oxygens (including phenoxy) is 2. The van der Waals surface area contributed by atoms with Crippen LogP contribution in [0.2, 0.25) is 0 Å². The zero-order chi connectivity index (χ0) is 12.3. The smallest absolute Gasteiger partial charge is 0.235 e. The van der Waals surface area contributed by atoms with E-state index in [1.807, 2.05) is 25.1 Å². The maximum Gasteiger partial charge on any atom is 0.235 e. The summed E-state index contributed by atoms with van der Waals surface area (Å²) in [6.07, 6.45) is 3.43. The Hall–Kier alpha value is -1.80. The first-order valence-corrected chi connectivity index (χ1v) is 5.66. The third kappa shape index (κ3) is 2.17. The van der Waals surface area contributed by atoms with Crippen LogP contribution in [-0.2, 0) is 10.3 Å². The number of carbonyl (C=O) groups excluding carboxylic acids is 1. The van der Waals surface area contributed by atoms with Crippen molar-refractivity contribution >= 4 is 6.08 Å². The molecule has 2 rings (SSSR count). The first kappa shape index (κ1) is 11.7. The predicted octanol–water partition coefficient (Wildman–Crippen LogP) is 2.42. The van der Waals surface area contributed by atoms with Crippen LogP contribution in [0.4, 0.5) is 0 Å². The largest absolute Gasteiger partial charge is 0.493 e. The van der Waals surface area contributed by atoms with E-state index in [0.717, 1.165) is 18.4 Å². The van der Waals surface area contributed by atoms with Gasteiger partial charge in [0.2, 0.25) is 6.08 Å². The highest BCUT2D eigenvalue weighted by molar-refractivity contribution is 5.48. The summed E-state index contributed by atoms with van der Waals surface area (Å²) in [5, 5.41) is 0. The first-order valence-electron chi connectivity index (χ1n) is 5.66. The Morgan fingerprint density at radius 2 is 2.18 bits per heavy atom. The summed E-state index contributed by atoms with van der Waals surface area (Å²) in [6, 6.07) is 5.68. The average molecular weight is 233 g/mol. The van der Waals surface area contributed by atoms with E-state index >= 15 is 0 Å². The number of benzene rings is 1. The highest BCUT2D eigenvalue weighted by atomic mass is 16.5. The molecule has 0 radical (unpaired) electrons. The van der Waals surface area contributed by atoms with E-state index in [1.165, 1.54) is 0 Å². The lowest BCUT2D eigenvalue weighted by atomic mass is 10.0. The van der Waals surface area contributed by atoms with Crippen molar-refractivity contribution in [1.29, 1.82) is 0 Å². The van der Waals surface area contributed by atoms with Crippen LogP contribution in [0.5, 0.6) is 11.5 Å². The Balaban J connectivity index is 2.35. The number of aliphatic imine (C=N–C) groups is 1. The molecular formula is C13H15NO3. The van der Waals surface area contributed by atoms with Crippen LogP contribution in [0.3, 0.4) is 0 Å². The molecule has 0 aromatic heterocycles. The van der Waals surface area contributed by atoms with Crippen molar-refractivity contribution in [3.05, 3.63) is 23.8 Å². The lowest BCUT2D eigenvalue weighted by Gasteiger charge is -2.13. The Morgan fingerprint density at radius 3 is 2.71 bits per heavy atom. The fourth-order valence-electron chi connectivity index (χ4n) is 1.90. The van der Waals surface area contributed by atoms with Gasteiger partial charge >= 0.3 is 0 Å². The van der Waals surface area contributed by atoms with Crippen molar-refractivity contribution in [2.75, 3.05) is 13.7 Å². The Bertz CT molecular complexity index is 460. The third-order valence-electron chi connectivity index (χ3n) is 2.98. The molecule has 0 heterocycles. The van der Waals surface area contributed by atoms with Crippen LogP contribution >= 0.6 is 0 Å². The molecule has 1 aliphatic carbocycles. The predicted molar refractivity (Wildman–Crippen MR) is 63.2 cm³/mol. The third-order valence-corrected chi connectivity index (χ3v) is 2.98. The number of nitrogens with zero attached hydrogens (tertiary/aromatic N) is 1. The number of methoxy groups -OCH3 is 1. The van der Waals surface area contributed by atoms with Crippen LogP contribution in [0.1, 0.15) is 25.3 Å². The second-order valence-corrected chi connectivity index (χ2v) is 4.03. The zero-order valence-electron chi connectivity index (χ0n) is 10.0. The SMILES string of the molecule is CCOc1ccc(C2(N=C=O)CC2)cc1OC. The van der Waals surface area contributed by atoms with Gasteiger partial charge in [0.1, 0.15) is 0 Å². The molecule has 17 heavy (non-hydrogen) atoms. The second-order valence-electron chi connectivity index (χ2n) is 4.03. The molecule has 0 aliphatic heterocycles. The van der Waals surface area contributed by atoms with Crippen molar-refractivity contribution in [3.8, 4) is 11.5 Å². The molecular weight excluding hydrogens is 218 g/mol. The quantitative estimate of drug-likeness (QED) is 0.579. The fourth-order valence-corrected chi connectivity index (χ4v) is 1.90. The van der Waals surface area contributed by atoms with Gasteiger partial charge in [-0.25, -0.2) is 4.79 Å². The topological polar surface area (TPSA) is 47.9 Å². The molecule has 0 amide bonds. The number of hydrogen-bond donors (Lipinski definition) is 0. The maximum atomic E-state index is 10.4. The molecule has 1 aromatic carbocycles. The molecule has 0 atom stereocenters. The van der Waals surface area contributed by atoms with E-state index in [9.17, 15) is 4.79 Å². The van der Waals surface area contributed by atoms with Gasteiger partial charge < -0.3 is 9.47 Å². The molecule has 0 unspecified atom stereocenters. The van der Waals surface area contributed by atoms with Crippen LogP contribution in [0, 0.1) is 0 Å². The minimum atomic E-state index is -0.361. The fraction of sp³-hybridized carbons (Fsp3) is 0.462. The number of hydrogen-bond acceptors (Lipinski definition) is 4. The van der Waals surface area contributed by atoms with Crippen molar-refractivity contribution < 1.29 is 14.3 Å². The van der Waals surface area contributed by atoms with E-state index in [2.05, 4.69) is 4.99 Å². The molecule has 0 spiro atoms. The van der Waals surface area contributed by atoms with E-state index in [-0.39, 0.29) is 5.54 Å². The van der Waals surface area contributed by atoms with Gasteiger partial charge in [0.05, 0.1) is 19.3 Å². The summed E-state index contributed by atoms with van der Waals surface area (Å²) < 4.78 is 10.7. The van der Waals surface area contributed by atoms with Gasteiger partial charge in [-0.2, -0.15) is 4.99 Å². The normalized spacial score (nSPS) is 15.9. The molecule has 4 heteroatoms. The van der Waals surface area contributed by atoms with E-state index < -0.39 is 0 Å². The van der Waals surface area contributed by atoms with Crippen LogP contribution in [0.15, 0.2) is 23.2 Å².